The Labute approximate surface area is 179 Å². The van der Waals surface area contributed by atoms with Crippen LogP contribution >= 0.6 is 0 Å². The number of hydrogen-bond acceptors (Lipinski definition) is 3. The van der Waals surface area contributed by atoms with Gasteiger partial charge in [-0.05, 0) is 48.2 Å². The van der Waals surface area contributed by atoms with E-state index in [1.54, 1.807) is 0 Å². The van der Waals surface area contributed by atoms with Crippen LogP contribution in [-0.4, -0.2) is 22.2 Å². The van der Waals surface area contributed by atoms with Gasteiger partial charge in [0.2, 0.25) is 0 Å². The summed E-state index contributed by atoms with van der Waals surface area (Å²) in [6.07, 6.45) is -4.74. The largest absolute Gasteiger partial charge is 0.421 e. The Morgan fingerprint density at radius 3 is 2.25 bits per heavy atom. The van der Waals surface area contributed by atoms with Crippen molar-refractivity contribution >= 4 is 5.91 Å². The highest BCUT2D eigenvalue weighted by atomic mass is 19.4. The van der Waals surface area contributed by atoms with Crippen molar-refractivity contribution in [3.8, 4) is 11.3 Å². The van der Waals surface area contributed by atoms with E-state index < -0.39 is 23.4 Å². The van der Waals surface area contributed by atoms with Gasteiger partial charge in [-0.1, -0.05) is 30.3 Å². The summed E-state index contributed by atoms with van der Waals surface area (Å²) in [5.74, 6) is -2.00. The molecule has 0 saturated carbocycles. The molecule has 0 fully saturated rings. The molecule has 1 aliphatic heterocycles. The molecule has 1 amide bonds. The Morgan fingerprint density at radius 2 is 1.66 bits per heavy atom. The molecule has 9 heteroatoms. The van der Waals surface area contributed by atoms with E-state index in [1.165, 1.54) is 24.3 Å². The molecule has 0 bridgehead atoms. The lowest BCUT2D eigenvalue weighted by Gasteiger charge is -2.26. The number of fused-ring (bicyclic) bond motifs is 1. The van der Waals surface area contributed by atoms with E-state index in [1.807, 2.05) is 0 Å². The number of pyridine rings is 1. The second-order valence-corrected chi connectivity index (χ2v) is 7.71. The van der Waals surface area contributed by atoms with Crippen molar-refractivity contribution in [1.29, 1.82) is 0 Å². The molecule has 2 heterocycles. The molecular formula is C23H17F5N2O2. The third-order valence-electron chi connectivity index (χ3n) is 5.50. The molecule has 2 N–H and O–H groups in total. The summed E-state index contributed by atoms with van der Waals surface area (Å²) in [6, 6.07) is 9.94. The number of hydrogen-bond donors (Lipinski definition) is 2. The van der Waals surface area contributed by atoms with Crippen molar-refractivity contribution in [1.82, 2.24) is 10.3 Å². The second-order valence-electron chi connectivity index (χ2n) is 7.71. The van der Waals surface area contributed by atoms with Gasteiger partial charge in [-0.25, -0.2) is 13.8 Å². The second kappa shape index (κ2) is 7.67. The van der Waals surface area contributed by atoms with Crippen molar-refractivity contribution in [3.63, 3.8) is 0 Å². The van der Waals surface area contributed by atoms with E-state index in [2.05, 4.69) is 10.3 Å². The van der Waals surface area contributed by atoms with Crippen molar-refractivity contribution in [2.75, 3.05) is 0 Å². The molecule has 1 aromatic heterocycles. The number of halogens is 5. The molecule has 3 aromatic rings. The summed E-state index contributed by atoms with van der Waals surface area (Å²) in [5.41, 5.74) is -2.08. The van der Waals surface area contributed by atoms with Crippen molar-refractivity contribution < 1.29 is 31.9 Å². The number of aliphatic hydroxyl groups is 1. The number of nitrogens with zero attached hydrogens (tertiary/aromatic N) is 1. The number of amides is 1. The predicted molar refractivity (Wildman–Crippen MR) is 106 cm³/mol. The molecule has 2 aromatic carbocycles. The van der Waals surface area contributed by atoms with E-state index in [0.29, 0.717) is 23.7 Å². The maximum Gasteiger partial charge on any atom is 0.421 e. The molecule has 4 nitrogen and oxygen atoms in total. The lowest BCUT2D eigenvalue weighted by molar-refractivity contribution is -0.258. The first-order valence-electron chi connectivity index (χ1n) is 9.63. The van der Waals surface area contributed by atoms with Crippen LogP contribution in [0.2, 0.25) is 0 Å². The van der Waals surface area contributed by atoms with Gasteiger partial charge >= 0.3 is 6.18 Å². The lowest BCUT2D eigenvalue weighted by Crippen LogP contribution is -2.39. The number of carbonyl (C=O) groups is 1. The molecule has 166 valence electrons. The summed E-state index contributed by atoms with van der Waals surface area (Å²) < 4.78 is 67.8. The molecule has 1 atom stereocenters. The molecule has 0 aliphatic carbocycles. The third-order valence-corrected chi connectivity index (χ3v) is 5.50. The van der Waals surface area contributed by atoms with Gasteiger partial charge in [0.25, 0.3) is 5.91 Å². The smallest absolute Gasteiger partial charge is 0.376 e. The zero-order valence-corrected chi connectivity index (χ0v) is 16.7. The molecule has 32 heavy (non-hydrogen) atoms. The van der Waals surface area contributed by atoms with E-state index in [9.17, 15) is 31.9 Å². The Bertz CT molecular complexity index is 1180. The maximum absolute atomic E-state index is 14.3. The highest BCUT2D eigenvalue weighted by molar-refractivity contribution is 5.99. The number of rotatable bonds is 4. The fourth-order valence-electron chi connectivity index (χ4n) is 3.65. The monoisotopic (exact) mass is 448 g/mol. The van der Waals surface area contributed by atoms with E-state index >= 15 is 0 Å². The number of carbonyl (C=O) groups excluding carboxylic acids is 1. The molecular weight excluding hydrogens is 431 g/mol. The van der Waals surface area contributed by atoms with Crippen LogP contribution in [0.15, 0.2) is 48.5 Å². The summed E-state index contributed by atoms with van der Waals surface area (Å²) in [5, 5.41) is 12.4. The van der Waals surface area contributed by atoms with E-state index in [0.717, 1.165) is 24.3 Å². The van der Waals surface area contributed by atoms with E-state index in [-0.39, 0.29) is 41.3 Å². The number of nitrogens with one attached hydrogen (secondary N) is 1. The molecule has 1 aliphatic rings. The average Bonchev–Trinajstić information content (AvgIpc) is 3.08. The third kappa shape index (κ3) is 3.73. The Kier molecular flexibility index (Phi) is 5.24. The summed E-state index contributed by atoms with van der Waals surface area (Å²) >= 11 is 0. The van der Waals surface area contributed by atoms with Crippen LogP contribution in [0.5, 0.6) is 0 Å². The van der Waals surface area contributed by atoms with Gasteiger partial charge in [-0.3, -0.25) is 4.79 Å². The van der Waals surface area contributed by atoms with Gasteiger partial charge in [0.15, 0.2) is 5.60 Å². The minimum atomic E-state index is -4.85. The topological polar surface area (TPSA) is 62.2 Å². The van der Waals surface area contributed by atoms with Crippen molar-refractivity contribution in [2.24, 2.45) is 0 Å². The standard InChI is InChI=1S/C23H17F5N2O2/c1-22(32,23(26,27)28)14-7-5-12(6-8-14)9-13-10-17(20-15(24)3-2-4-16(20)25)30-18-11-29-21(31)19(13)18/h2-8,10,32H,9,11H2,1H3,(H,29,31)/t22-/m0/s1. The first-order valence-corrected chi connectivity index (χ1v) is 9.63. The molecule has 4 rings (SSSR count). The Morgan fingerprint density at radius 1 is 1.03 bits per heavy atom. The predicted octanol–water partition coefficient (Wildman–Crippen LogP) is 4.63. The van der Waals surface area contributed by atoms with Gasteiger partial charge in [0.05, 0.1) is 29.1 Å². The van der Waals surface area contributed by atoms with Crippen LogP contribution in [-0.2, 0) is 18.6 Å². The fourth-order valence-corrected chi connectivity index (χ4v) is 3.65. The average molecular weight is 448 g/mol. The van der Waals surface area contributed by atoms with Crippen LogP contribution in [0.1, 0.15) is 39.7 Å². The summed E-state index contributed by atoms with van der Waals surface area (Å²) in [7, 11) is 0. The van der Waals surface area contributed by atoms with Crippen molar-refractivity contribution in [3.05, 3.63) is 88.1 Å². The van der Waals surface area contributed by atoms with Crippen LogP contribution < -0.4 is 5.32 Å². The number of aromatic nitrogens is 1. The lowest BCUT2D eigenvalue weighted by atomic mass is 9.92. The highest BCUT2D eigenvalue weighted by Crippen LogP contribution is 2.38. The van der Waals surface area contributed by atoms with Gasteiger partial charge in [-0.15, -0.1) is 0 Å². The maximum atomic E-state index is 14.3. The van der Waals surface area contributed by atoms with Gasteiger partial charge in [0, 0.05) is 0 Å². The quantitative estimate of drug-likeness (QED) is 0.572. The SMILES string of the molecule is C[C@](O)(c1ccc(Cc2cc(-c3c(F)cccc3F)nc3c2C(=O)NC3)cc1)C(F)(F)F. The normalized spacial score (nSPS) is 15.3. The molecule has 0 radical (unpaired) electrons. The van der Waals surface area contributed by atoms with Crippen LogP contribution in [0, 0.1) is 11.6 Å². The minimum Gasteiger partial charge on any atom is -0.376 e. The number of benzene rings is 2. The minimum absolute atomic E-state index is 0.0162. The molecule has 0 unspecified atom stereocenters. The highest BCUT2D eigenvalue weighted by Gasteiger charge is 2.51. The van der Waals surface area contributed by atoms with Gasteiger partial charge in [0.1, 0.15) is 11.6 Å². The fraction of sp³-hybridized carbons (Fsp3) is 0.217. The Balaban J connectivity index is 1.74. The van der Waals surface area contributed by atoms with Crippen LogP contribution in [0.25, 0.3) is 11.3 Å². The Hall–Kier alpha value is -3.33. The van der Waals surface area contributed by atoms with Crippen molar-refractivity contribution in [2.45, 2.75) is 31.7 Å². The zero-order valence-electron chi connectivity index (χ0n) is 16.7. The van der Waals surface area contributed by atoms with Gasteiger partial charge < -0.3 is 10.4 Å². The first kappa shape index (κ1) is 21.9. The zero-order chi connectivity index (χ0) is 23.3. The molecule has 0 saturated heterocycles. The summed E-state index contributed by atoms with van der Waals surface area (Å²) in [4.78, 5) is 16.5. The molecule has 0 spiro atoms. The summed E-state index contributed by atoms with van der Waals surface area (Å²) in [6.45, 7) is 0.760. The first-order chi connectivity index (χ1) is 15.0. The number of alkyl halides is 3. The van der Waals surface area contributed by atoms with E-state index in [4.69, 9.17) is 0 Å². The van der Waals surface area contributed by atoms with Crippen LogP contribution in [0.3, 0.4) is 0 Å². The van der Waals surface area contributed by atoms with Crippen LogP contribution in [0.4, 0.5) is 22.0 Å². The van der Waals surface area contributed by atoms with Gasteiger partial charge in [-0.2, -0.15) is 13.2 Å².